The number of benzene rings is 1. The molecule has 1 aromatic rings. The van der Waals surface area contributed by atoms with Crippen LogP contribution in [0.3, 0.4) is 0 Å². The van der Waals surface area contributed by atoms with Crippen molar-refractivity contribution in [3.05, 3.63) is 35.4 Å². The molecule has 3 amide bonds. The molecule has 0 unspecified atom stereocenters. The minimum absolute atomic E-state index is 0.0684. The van der Waals surface area contributed by atoms with Crippen LogP contribution < -0.4 is 5.32 Å². The van der Waals surface area contributed by atoms with E-state index < -0.39 is 0 Å². The molecule has 0 radical (unpaired) electrons. The molecule has 0 aliphatic carbocycles. The SMILES string of the molecule is CCOC(=O)N1CCN(C(=O)NCCc2cccc(C)c2)CC1. The molecule has 1 heterocycles. The van der Waals surface area contributed by atoms with Crippen LogP contribution in [0.1, 0.15) is 18.1 Å². The van der Waals surface area contributed by atoms with E-state index in [0.29, 0.717) is 39.3 Å². The maximum Gasteiger partial charge on any atom is 0.409 e. The molecule has 1 aromatic carbocycles. The first-order valence-corrected chi connectivity index (χ1v) is 8.10. The van der Waals surface area contributed by atoms with Crippen molar-refractivity contribution >= 4 is 12.1 Å². The highest BCUT2D eigenvalue weighted by atomic mass is 16.6. The quantitative estimate of drug-likeness (QED) is 0.923. The normalized spacial score (nSPS) is 14.5. The van der Waals surface area contributed by atoms with Gasteiger partial charge in [-0.2, -0.15) is 0 Å². The van der Waals surface area contributed by atoms with Gasteiger partial charge >= 0.3 is 12.1 Å². The lowest BCUT2D eigenvalue weighted by atomic mass is 10.1. The van der Waals surface area contributed by atoms with E-state index in [-0.39, 0.29) is 12.1 Å². The molecule has 0 spiro atoms. The number of ether oxygens (including phenoxy) is 1. The van der Waals surface area contributed by atoms with Gasteiger partial charge in [-0.15, -0.1) is 0 Å². The van der Waals surface area contributed by atoms with Gasteiger partial charge in [0.2, 0.25) is 0 Å². The summed E-state index contributed by atoms with van der Waals surface area (Å²) in [7, 11) is 0. The number of piperazine rings is 1. The standard InChI is InChI=1S/C17H25N3O3/c1-3-23-17(22)20-11-9-19(10-12-20)16(21)18-8-7-15-6-4-5-14(2)13-15/h4-6,13H,3,7-12H2,1-2H3,(H,18,21). The van der Waals surface area contributed by atoms with Crippen LogP contribution >= 0.6 is 0 Å². The molecule has 6 heteroatoms. The summed E-state index contributed by atoms with van der Waals surface area (Å²) in [5.74, 6) is 0. The Labute approximate surface area is 137 Å². The number of amides is 3. The number of nitrogens with one attached hydrogen (secondary N) is 1. The van der Waals surface area contributed by atoms with Crippen molar-refractivity contribution in [1.29, 1.82) is 0 Å². The Morgan fingerprint density at radius 1 is 1.17 bits per heavy atom. The second-order valence-electron chi connectivity index (χ2n) is 5.64. The zero-order valence-corrected chi connectivity index (χ0v) is 13.9. The lowest BCUT2D eigenvalue weighted by Crippen LogP contribution is -2.53. The summed E-state index contributed by atoms with van der Waals surface area (Å²) in [6, 6.07) is 8.22. The predicted molar refractivity (Wildman–Crippen MR) is 88.4 cm³/mol. The number of nitrogens with zero attached hydrogens (tertiary/aromatic N) is 2. The summed E-state index contributed by atoms with van der Waals surface area (Å²) in [4.78, 5) is 27.1. The largest absolute Gasteiger partial charge is 0.450 e. The third-order valence-electron chi connectivity index (χ3n) is 3.87. The Morgan fingerprint density at radius 3 is 2.52 bits per heavy atom. The van der Waals surface area contributed by atoms with Crippen molar-refractivity contribution in [2.75, 3.05) is 39.3 Å². The molecule has 2 rings (SSSR count). The number of rotatable bonds is 4. The van der Waals surface area contributed by atoms with Gasteiger partial charge in [0.1, 0.15) is 0 Å². The van der Waals surface area contributed by atoms with Crippen LogP contribution in [-0.2, 0) is 11.2 Å². The average molecular weight is 319 g/mol. The van der Waals surface area contributed by atoms with Gasteiger partial charge in [0.05, 0.1) is 6.61 Å². The van der Waals surface area contributed by atoms with E-state index in [9.17, 15) is 9.59 Å². The molecule has 0 atom stereocenters. The van der Waals surface area contributed by atoms with Crippen molar-refractivity contribution in [3.8, 4) is 0 Å². The van der Waals surface area contributed by atoms with E-state index >= 15 is 0 Å². The maximum atomic E-state index is 12.1. The summed E-state index contributed by atoms with van der Waals surface area (Å²) in [5, 5.41) is 2.94. The van der Waals surface area contributed by atoms with E-state index in [4.69, 9.17) is 4.74 Å². The van der Waals surface area contributed by atoms with Crippen LogP contribution in [-0.4, -0.2) is 61.3 Å². The Kier molecular flexibility index (Phi) is 6.26. The molecule has 1 aliphatic rings. The van der Waals surface area contributed by atoms with E-state index in [1.807, 2.05) is 6.07 Å². The zero-order valence-electron chi connectivity index (χ0n) is 13.9. The third-order valence-corrected chi connectivity index (χ3v) is 3.87. The Morgan fingerprint density at radius 2 is 1.87 bits per heavy atom. The number of carbonyl (C=O) groups is 2. The molecule has 23 heavy (non-hydrogen) atoms. The van der Waals surface area contributed by atoms with Crippen LogP contribution in [0.2, 0.25) is 0 Å². The molecular formula is C17H25N3O3. The zero-order chi connectivity index (χ0) is 16.7. The van der Waals surface area contributed by atoms with Gasteiger partial charge in [-0.1, -0.05) is 29.8 Å². The number of urea groups is 1. The van der Waals surface area contributed by atoms with Crippen LogP contribution in [0.25, 0.3) is 0 Å². The topological polar surface area (TPSA) is 61.9 Å². The Bertz CT molecular complexity index is 540. The Hall–Kier alpha value is -2.24. The lowest BCUT2D eigenvalue weighted by Gasteiger charge is -2.34. The molecule has 126 valence electrons. The minimum Gasteiger partial charge on any atom is -0.450 e. The van der Waals surface area contributed by atoms with Gasteiger partial charge in [-0.05, 0) is 25.8 Å². The molecular weight excluding hydrogens is 294 g/mol. The Balaban J connectivity index is 1.70. The number of aryl methyl sites for hydroxylation is 1. The number of carbonyl (C=O) groups excluding carboxylic acids is 2. The summed E-state index contributed by atoms with van der Waals surface area (Å²) in [5.41, 5.74) is 2.45. The predicted octanol–water partition coefficient (Wildman–Crippen LogP) is 2.02. The van der Waals surface area contributed by atoms with Crippen molar-refractivity contribution < 1.29 is 14.3 Å². The molecule has 6 nitrogen and oxygen atoms in total. The summed E-state index contributed by atoms with van der Waals surface area (Å²) >= 11 is 0. The molecule has 1 fully saturated rings. The minimum atomic E-state index is -0.299. The first-order valence-electron chi connectivity index (χ1n) is 8.10. The molecule has 0 bridgehead atoms. The van der Waals surface area contributed by atoms with Crippen LogP contribution in [0.15, 0.2) is 24.3 Å². The summed E-state index contributed by atoms with van der Waals surface area (Å²) < 4.78 is 4.97. The highest BCUT2D eigenvalue weighted by Gasteiger charge is 2.24. The summed E-state index contributed by atoms with van der Waals surface area (Å²) in [6.07, 6.45) is 0.517. The van der Waals surface area contributed by atoms with Gasteiger partial charge in [0.15, 0.2) is 0 Å². The van der Waals surface area contributed by atoms with Crippen LogP contribution in [0.4, 0.5) is 9.59 Å². The maximum absolute atomic E-state index is 12.1. The van der Waals surface area contributed by atoms with Crippen molar-refractivity contribution in [2.45, 2.75) is 20.3 Å². The van der Waals surface area contributed by atoms with Gasteiger partial charge in [0, 0.05) is 32.7 Å². The fourth-order valence-electron chi connectivity index (χ4n) is 2.60. The van der Waals surface area contributed by atoms with Gasteiger partial charge < -0.3 is 19.9 Å². The van der Waals surface area contributed by atoms with Crippen LogP contribution in [0, 0.1) is 6.92 Å². The van der Waals surface area contributed by atoms with Crippen molar-refractivity contribution in [1.82, 2.24) is 15.1 Å². The monoisotopic (exact) mass is 319 g/mol. The molecule has 0 saturated carbocycles. The average Bonchev–Trinajstić information content (AvgIpc) is 2.55. The highest BCUT2D eigenvalue weighted by Crippen LogP contribution is 2.06. The van der Waals surface area contributed by atoms with Crippen molar-refractivity contribution in [2.24, 2.45) is 0 Å². The van der Waals surface area contributed by atoms with E-state index in [1.54, 1.807) is 16.7 Å². The van der Waals surface area contributed by atoms with Crippen LogP contribution in [0.5, 0.6) is 0 Å². The van der Waals surface area contributed by atoms with Gasteiger partial charge in [0.25, 0.3) is 0 Å². The third kappa shape index (κ3) is 5.16. The second-order valence-corrected chi connectivity index (χ2v) is 5.64. The fourth-order valence-corrected chi connectivity index (χ4v) is 2.60. The molecule has 0 aromatic heterocycles. The number of hydrogen-bond acceptors (Lipinski definition) is 3. The highest BCUT2D eigenvalue weighted by molar-refractivity contribution is 5.75. The second kappa shape index (κ2) is 8.41. The lowest BCUT2D eigenvalue weighted by molar-refractivity contribution is 0.0852. The first-order chi connectivity index (χ1) is 11.1. The molecule has 1 saturated heterocycles. The number of hydrogen-bond donors (Lipinski definition) is 1. The molecule has 1 aliphatic heterocycles. The van der Waals surface area contributed by atoms with Gasteiger partial charge in [-0.3, -0.25) is 0 Å². The van der Waals surface area contributed by atoms with E-state index in [0.717, 1.165) is 6.42 Å². The van der Waals surface area contributed by atoms with Gasteiger partial charge in [-0.25, -0.2) is 9.59 Å². The van der Waals surface area contributed by atoms with E-state index in [2.05, 4.69) is 30.4 Å². The summed E-state index contributed by atoms with van der Waals surface area (Å²) in [6.45, 7) is 6.94. The first kappa shape index (κ1) is 17.1. The fraction of sp³-hybridized carbons (Fsp3) is 0.529. The smallest absolute Gasteiger partial charge is 0.409 e. The van der Waals surface area contributed by atoms with E-state index in [1.165, 1.54) is 11.1 Å². The van der Waals surface area contributed by atoms with Crippen molar-refractivity contribution in [3.63, 3.8) is 0 Å². The molecule has 1 N–H and O–H groups in total.